The van der Waals surface area contributed by atoms with E-state index in [4.69, 9.17) is 0 Å². The zero-order valence-electron chi connectivity index (χ0n) is 11.9. The number of piperidine rings is 1. The number of nitro benzene ring substituents is 1. The largest absolute Gasteiger partial charge is 0.481 e. The van der Waals surface area contributed by atoms with Gasteiger partial charge in [0.1, 0.15) is 11.5 Å². The topological polar surface area (TPSA) is 83.7 Å². The van der Waals surface area contributed by atoms with E-state index in [1.54, 1.807) is 11.8 Å². The third-order valence-electron chi connectivity index (χ3n) is 4.01. The van der Waals surface area contributed by atoms with E-state index in [1.165, 1.54) is 13.0 Å². The summed E-state index contributed by atoms with van der Waals surface area (Å²) < 4.78 is 13.5. The number of benzene rings is 1. The van der Waals surface area contributed by atoms with Gasteiger partial charge in [0.25, 0.3) is 5.69 Å². The predicted molar refractivity (Wildman–Crippen MR) is 75.0 cm³/mol. The number of anilines is 1. The van der Waals surface area contributed by atoms with E-state index in [0.717, 1.165) is 6.07 Å². The van der Waals surface area contributed by atoms with Crippen molar-refractivity contribution >= 4 is 17.3 Å². The van der Waals surface area contributed by atoms with Crippen molar-refractivity contribution in [3.05, 3.63) is 33.6 Å². The molecule has 1 aromatic carbocycles. The number of hydrogen-bond acceptors (Lipinski definition) is 4. The van der Waals surface area contributed by atoms with Gasteiger partial charge >= 0.3 is 5.97 Å². The number of halogens is 1. The van der Waals surface area contributed by atoms with E-state index in [1.807, 2.05) is 0 Å². The highest BCUT2D eigenvalue weighted by molar-refractivity contribution is 5.76. The van der Waals surface area contributed by atoms with Crippen LogP contribution < -0.4 is 4.90 Å². The highest BCUT2D eigenvalue weighted by atomic mass is 19.1. The van der Waals surface area contributed by atoms with Crippen LogP contribution in [0.25, 0.3) is 0 Å². The fraction of sp³-hybridized carbons (Fsp3) is 0.500. The lowest BCUT2D eigenvalue weighted by atomic mass is 9.82. The first kappa shape index (κ1) is 15.2. The van der Waals surface area contributed by atoms with Gasteiger partial charge in [-0.25, -0.2) is 4.39 Å². The van der Waals surface area contributed by atoms with Crippen LogP contribution in [0.1, 0.15) is 25.3 Å². The minimum atomic E-state index is -0.950. The normalized spacial score (nSPS) is 22.1. The number of carbonyl (C=O) groups is 1. The summed E-state index contributed by atoms with van der Waals surface area (Å²) in [6.07, 6.45) is 1.14. The Labute approximate surface area is 121 Å². The molecule has 1 N–H and O–H groups in total. The maximum absolute atomic E-state index is 13.5. The molecule has 1 aromatic rings. The maximum Gasteiger partial charge on any atom is 0.311 e. The van der Waals surface area contributed by atoms with Crippen molar-refractivity contribution in [2.75, 3.05) is 18.0 Å². The van der Waals surface area contributed by atoms with Crippen LogP contribution >= 0.6 is 0 Å². The molecule has 2 rings (SSSR count). The first-order valence-corrected chi connectivity index (χ1v) is 6.67. The average Bonchev–Trinajstić information content (AvgIpc) is 2.41. The summed E-state index contributed by atoms with van der Waals surface area (Å²) in [5.74, 6) is -1.56. The summed E-state index contributed by atoms with van der Waals surface area (Å²) >= 11 is 0. The minimum absolute atomic E-state index is 0.175. The van der Waals surface area contributed by atoms with Crippen LogP contribution in [-0.2, 0) is 4.79 Å². The smallest absolute Gasteiger partial charge is 0.311 e. The molecule has 0 aliphatic carbocycles. The molecule has 1 aliphatic heterocycles. The second-order valence-corrected chi connectivity index (χ2v) is 5.74. The molecular weight excluding hydrogens is 279 g/mol. The molecule has 21 heavy (non-hydrogen) atoms. The lowest BCUT2D eigenvalue weighted by molar-refractivity contribution is -0.384. The van der Waals surface area contributed by atoms with E-state index >= 15 is 0 Å². The van der Waals surface area contributed by atoms with Crippen molar-refractivity contribution in [1.82, 2.24) is 0 Å². The Balaban J connectivity index is 2.44. The Hall–Kier alpha value is -2.18. The van der Waals surface area contributed by atoms with Crippen LogP contribution in [0.5, 0.6) is 0 Å². The molecule has 0 radical (unpaired) electrons. The molecule has 0 saturated carbocycles. The summed E-state index contributed by atoms with van der Waals surface area (Å²) in [7, 11) is 0. The van der Waals surface area contributed by atoms with Gasteiger partial charge in [0.15, 0.2) is 0 Å². The molecule has 1 aliphatic rings. The number of carboxylic acid groups (broad SMARTS) is 1. The van der Waals surface area contributed by atoms with Crippen molar-refractivity contribution in [3.8, 4) is 0 Å². The Morgan fingerprint density at radius 2 is 2.19 bits per heavy atom. The van der Waals surface area contributed by atoms with Crippen molar-refractivity contribution in [3.63, 3.8) is 0 Å². The second kappa shape index (κ2) is 5.31. The molecular formula is C14H17FN2O4. The van der Waals surface area contributed by atoms with E-state index < -0.39 is 22.1 Å². The number of nitro groups is 1. The summed E-state index contributed by atoms with van der Waals surface area (Å²) in [5, 5.41) is 20.4. The molecule has 0 amide bonds. The summed E-state index contributed by atoms with van der Waals surface area (Å²) in [6, 6.07) is 2.32. The minimum Gasteiger partial charge on any atom is -0.481 e. The molecule has 1 unspecified atom stereocenters. The van der Waals surface area contributed by atoms with Crippen molar-refractivity contribution in [1.29, 1.82) is 0 Å². The number of nitrogens with zero attached hydrogens (tertiary/aromatic N) is 2. The molecule has 0 spiro atoms. The van der Waals surface area contributed by atoms with Gasteiger partial charge in [0.05, 0.1) is 16.4 Å². The standard InChI is InChI=1S/C14H17FN2O4/c1-9-6-11(12(17(20)21)7-10(9)15)16-5-3-4-14(2,8-16)13(18)19/h6-7H,3-5,8H2,1-2H3,(H,18,19). The lowest BCUT2D eigenvalue weighted by Gasteiger charge is -2.38. The summed E-state index contributed by atoms with van der Waals surface area (Å²) in [4.78, 5) is 23.5. The molecule has 1 atom stereocenters. The summed E-state index contributed by atoms with van der Waals surface area (Å²) in [6.45, 7) is 3.86. The first-order valence-electron chi connectivity index (χ1n) is 6.67. The van der Waals surface area contributed by atoms with Gasteiger partial charge in [-0.15, -0.1) is 0 Å². The fourth-order valence-electron chi connectivity index (χ4n) is 2.67. The number of carboxylic acids is 1. The number of hydrogen-bond donors (Lipinski definition) is 1. The highest BCUT2D eigenvalue weighted by Crippen LogP contribution is 2.37. The van der Waals surface area contributed by atoms with E-state index in [0.29, 0.717) is 24.9 Å². The molecule has 1 heterocycles. The van der Waals surface area contributed by atoms with E-state index in [9.17, 15) is 24.4 Å². The van der Waals surface area contributed by atoms with Gasteiger partial charge in [0, 0.05) is 13.1 Å². The molecule has 0 bridgehead atoms. The SMILES string of the molecule is Cc1cc(N2CCCC(C)(C(=O)O)C2)c([N+](=O)[O-])cc1F. The lowest BCUT2D eigenvalue weighted by Crippen LogP contribution is -2.46. The zero-order chi connectivity index (χ0) is 15.8. The predicted octanol–water partition coefficient (Wildman–Crippen LogP) is 2.73. The second-order valence-electron chi connectivity index (χ2n) is 5.74. The van der Waals surface area contributed by atoms with Crippen LogP contribution in [0.3, 0.4) is 0 Å². The van der Waals surface area contributed by atoms with Gasteiger partial charge in [-0.2, -0.15) is 0 Å². The Morgan fingerprint density at radius 1 is 1.52 bits per heavy atom. The van der Waals surface area contributed by atoms with Crippen LogP contribution in [0.2, 0.25) is 0 Å². The summed E-state index contributed by atoms with van der Waals surface area (Å²) in [5.41, 5.74) is -0.689. The van der Waals surface area contributed by atoms with E-state index in [-0.39, 0.29) is 17.9 Å². The monoisotopic (exact) mass is 296 g/mol. The van der Waals surface area contributed by atoms with Crippen molar-refractivity contribution < 1.29 is 19.2 Å². The van der Waals surface area contributed by atoms with E-state index in [2.05, 4.69) is 0 Å². The average molecular weight is 296 g/mol. The Bertz CT molecular complexity index is 605. The van der Waals surface area contributed by atoms with Gasteiger partial charge in [-0.3, -0.25) is 14.9 Å². The molecule has 1 fully saturated rings. The van der Waals surface area contributed by atoms with Crippen LogP contribution in [0.4, 0.5) is 15.8 Å². The number of rotatable bonds is 3. The zero-order valence-corrected chi connectivity index (χ0v) is 11.9. The van der Waals surface area contributed by atoms with Crippen LogP contribution in [0, 0.1) is 28.3 Å². The first-order chi connectivity index (χ1) is 9.74. The third-order valence-corrected chi connectivity index (χ3v) is 4.01. The van der Waals surface area contributed by atoms with Crippen molar-refractivity contribution in [2.24, 2.45) is 5.41 Å². The fourth-order valence-corrected chi connectivity index (χ4v) is 2.67. The van der Waals surface area contributed by atoms with Crippen LogP contribution in [-0.4, -0.2) is 29.1 Å². The third kappa shape index (κ3) is 2.81. The molecule has 1 saturated heterocycles. The van der Waals surface area contributed by atoms with Gasteiger partial charge in [-0.05, 0) is 38.3 Å². The van der Waals surface area contributed by atoms with Crippen molar-refractivity contribution in [2.45, 2.75) is 26.7 Å². The highest BCUT2D eigenvalue weighted by Gasteiger charge is 2.39. The number of aryl methyl sites for hydroxylation is 1. The van der Waals surface area contributed by atoms with Gasteiger partial charge in [0.2, 0.25) is 0 Å². The molecule has 7 heteroatoms. The van der Waals surface area contributed by atoms with Gasteiger partial charge < -0.3 is 10.0 Å². The molecule has 0 aromatic heterocycles. The Kier molecular flexibility index (Phi) is 3.85. The molecule has 114 valence electrons. The number of aliphatic carboxylic acids is 1. The maximum atomic E-state index is 13.5. The Morgan fingerprint density at radius 3 is 2.76 bits per heavy atom. The molecule has 6 nitrogen and oxygen atoms in total. The quantitative estimate of drug-likeness (QED) is 0.685. The van der Waals surface area contributed by atoms with Gasteiger partial charge in [-0.1, -0.05) is 0 Å². The van der Waals surface area contributed by atoms with Crippen LogP contribution in [0.15, 0.2) is 12.1 Å².